The molecule has 0 unspecified atom stereocenters. The first-order valence-electron chi connectivity index (χ1n) is 11.1. The molecule has 32 heavy (non-hydrogen) atoms. The summed E-state index contributed by atoms with van der Waals surface area (Å²) in [7, 11) is 0. The largest absolute Gasteiger partial charge is 0.494 e. The van der Waals surface area contributed by atoms with Crippen LogP contribution in [0.3, 0.4) is 0 Å². The molecule has 0 spiro atoms. The lowest BCUT2D eigenvalue weighted by Gasteiger charge is -2.37. The topological polar surface area (TPSA) is 61.9 Å². The molecular formula is C25H25N3O3S. The van der Waals surface area contributed by atoms with E-state index < -0.39 is 11.8 Å². The van der Waals surface area contributed by atoms with Crippen LogP contribution in [0.1, 0.15) is 36.5 Å². The van der Waals surface area contributed by atoms with Crippen molar-refractivity contribution < 1.29 is 14.3 Å². The van der Waals surface area contributed by atoms with Crippen molar-refractivity contribution in [1.29, 1.82) is 0 Å². The third-order valence-corrected chi connectivity index (χ3v) is 6.46. The molecule has 2 amide bonds. The maximum absolute atomic E-state index is 13.3. The summed E-state index contributed by atoms with van der Waals surface area (Å²) in [5.41, 5.74) is 5.54. The number of ether oxygens (including phenoxy) is 1. The molecule has 5 rings (SSSR count). The van der Waals surface area contributed by atoms with Crippen molar-refractivity contribution in [2.45, 2.75) is 32.6 Å². The van der Waals surface area contributed by atoms with Crippen LogP contribution >= 0.6 is 12.2 Å². The molecule has 3 heterocycles. The molecule has 0 saturated carbocycles. The van der Waals surface area contributed by atoms with E-state index in [1.54, 1.807) is 30.3 Å². The SMILES string of the molecule is CCOc1ccc(N2C(=O)C(=Cc3cc4c5c(c3)CCCN5CCC4)C(=O)NC2=S)cc1. The number of hydrogen-bond acceptors (Lipinski definition) is 5. The van der Waals surface area contributed by atoms with Gasteiger partial charge in [-0.3, -0.25) is 19.8 Å². The van der Waals surface area contributed by atoms with Gasteiger partial charge in [0.1, 0.15) is 11.3 Å². The van der Waals surface area contributed by atoms with Gasteiger partial charge in [-0.15, -0.1) is 0 Å². The molecule has 2 aromatic carbocycles. The summed E-state index contributed by atoms with van der Waals surface area (Å²) in [5.74, 6) is -0.172. The second kappa shape index (κ2) is 8.39. The lowest BCUT2D eigenvalue weighted by Crippen LogP contribution is -2.54. The van der Waals surface area contributed by atoms with Crippen LogP contribution in [-0.2, 0) is 22.4 Å². The van der Waals surface area contributed by atoms with Gasteiger partial charge in [-0.1, -0.05) is 0 Å². The molecule has 7 heteroatoms. The highest BCUT2D eigenvalue weighted by Gasteiger charge is 2.34. The zero-order valence-electron chi connectivity index (χ0n) is 18.0. The van der Waals surface area contributed by atoms with Crippen LogP contribution in [0.25, 0.3) is 6.08 Å². The molecule has 0 aromatic heterocycles. The van der Waals surface area contributed by atoms with Crippen molar-refractivity contribution in [3.05, 3.63) is 58.7 Å². The molecule has 0 radical (unpaired) electrons. The first-order chi connectivity index (χ1) is 15.5. The van der Waals surface area contributed by atoms with Crippen LogP contribution in [-0.4, -0.2) is 36.6 Å². The van der Waals surface area contributed by atoms with Gasteiger partial charge in [-0.2, -0.15) is 0 Å². The van der Waals surface area contributed by atoms with E-state index in [2.05, 4.69) is 22.3 Å². The van der Waals surface area contributed by atoms with E-state index in [0.29, 0.717) is 18.0 Å². The van der Waals surface area contributed by atoms with Gasteiger partial charge >= 0.3 is 0 Å². The Bertz CT molecular complexity index is 1110. The Morgan fingerprint density at radius 1 is 1.06 bits per heavy atom. The number of aryl methyl sites for hydroxylation is 2. The molecule has 2 aromatic rings. The van der Waals surface area contributed by atoms with Gasteiger partial charge < -0.3 is 9.64 Å². The molecule has 1 N–H and O–H groups in total. The fourth-order valence-corrected chi connectivity index (χ4v) is 5.11. The molecule has 6 nitrogen and oxygen atoms in total. The van der Waals surface area contributed by atoms with Crippen molar-refractivity contribution in [3.63, 3.8) is 0 Å². The normalized spacial score (nSPS) is 19.2. The molecule has 3 aliphatic rings. The van der Waals surface area contributed by atoms with Crippen LogP contribution in [0.2, 0.25) is 0 Å². The Labute approximate surface area is 192 Å². The number of thiocarbonyl (C=S) groups is 1. The van der Waals surface area contributed by atoms with Gasteiger partial charge in [0.05, 0.1) is 12.3 Å². The van der Waals surface area contributed by atoms with E-state index in [1.165, 1.54) is 21.7 Å². The Kier molecular flexibility index (Phi) is 5.43. The van der Waals surface area contributed by atoms with Crippen LogP contribution in [0.4, 0.5) is 11.4 Å². The quantitative estimate of drug-likeness (QED) is 0.441. The molecule has 1 fully saturated rings. The van der Waals surface area contributed by atoms with E-state index in [-0.39, 0.29) is 10.7 Å². The van der Waals surface area contributed by atoms with Gasteiger partial charge in [0.15, 0.2) is 5.11 Å². The Balaban J connectivity index is 1.49. The Morgan fingerprint density at radius 2 is 1.72 bits per heavy atom. The third-order valence-electron chi connectivity index (χ3n) is 6.17. The summed E-state index contributed by atoms with van der Waals surface area (Å²) < 4.78 is 5.48. The van der Waals surface area contributed by atoms with E-state index >= 15 is 0 Å². The number of carbonyl (C=O) groups is 2. The average Bonchev–Trinajstić information content (AvgIpc) is 2.78. The molecule has 3 aliphatic heterocycles. The fourth-order valence-electron chi connectivity index (χ4n) is 4.83. The number of nitrogens with one attached hydrogen (secondary N) is 1. The number of hydrogen-bond donors (Lipinski definition) is 1. The summed E-state index contributed by atoms with van der Waals surface area (Å²) in [6.07, 6.45) is 6.01. The van der Waals surface area contributed by atoms with Crippen molar-refractivity contribution in [2.24, 2.45) is 0 Å². The van der Waals surface area contributed by atoms with Gasteiger partial charge in [0, 0.05) is 18.8 Å². The summed E-state index contributed by atoms with van der Waals surface area (Å²) in [6, 6.07) is 11.4. The Morgan fingerprint density at radius 3 is 2.34 bits per heavy atom. The van der Waals surface area contributed by atoms with E-state index in [4.69, 9.17) is 17.0 Å². The number of benzene rings is 2. The highest BCUT2D eigenvalue weighted by Crippen LogP contribution is 2.36. The average molecular weight is 448 g/mol. The first-order valence-corrected chi connectivity index (χ1v) is 11.5. The highest BCUT2D eigenvalue weighted by molar-refractivity contribution is 7.80. The molecule has 1 saturated heterocycles. The predicted octanol–water partition coefficient (Wildman–Crippen LogP) is 3.62. The van der Waals surface area contributed by atoms with Gasteiger partial charge in [-0.05, 0) is 104 Å². The zero-order chi connectivity index (χ0) is 22.2. The number of anilines is 2. The van der Waals surface area contributed by atoms with Crippen molar-refractivity contribution >= 4 is 46.6 Å². The molecule has 0 atom stereocenters. The minimum Gasteiger partial charge on any atom is -0.494 e. The van der Waals surface area contributed by atoms with Gasteiger partial charge in [0.25, 0.3) is 11.8 Å². The van der Waals surface area contributed by atoms with E-state index in [0.717, 1.165) is 44.3 Å². The second-order valence-corrected chi connectivity index (χ2v) is 8.65. The van der Waals surface area contributed by atoms with Crippen molar-refractivity contribution in [2.75, 3.05) is 29.5 Å². The molecule has 0 aliphatic carbocycles. The molecular weight excluding hydrogens is 422 g/mol. The van der Waals surface area contributed by atoms with Crippen LogP contribution in [0, 0.1) is 0 Å². The molecule has 164 valence electrons. The zero-order valence-corrected chi connectivity index (χ0v) is 18.8. The fraction of sp³-hybridized carbons (Fsp3) is 0.320. The monoisotopic (exact) mass is 447 g/mol. The first kappa shape index (κ1) is 20.7. The smallest absolute Gasteiger partial charge is 0.270 e. The van der Waals surface area contributed by atoms with Crippen molar-refractivity contribution in [1.82, 2.24) is 5.32 Å². The second-order valence-electron chi connectivity index (χ2n) is 8.27. The number of nitrogens with zero attached hydrogens (tertiary/aromatic N) is 2. The van der Waals surface area contributed by atoms with Crippen LogP contribution in [0.15, 0.2) is 42.0 Å². The number of amides is 2. The summed E-state index contributed by atoms with van der Waals surface area (Å²) >= 11 is 5.31. The molecule has 0 bridgehead atoms. The maximum atomic E-state index is 13.3. The number of rotatable bonds is 4. The Hall–Kier alpha value is -3.19. The number of carbonyl (C=O) groups excluding carboxylic acids is 2. The standard InChI is InChI=1S/C25H25N3O3S/c1-2-31-20-9-7-19(8-10-20)28-24(30)21(23(29)26-25(28)32)15-16-13-17-5-3-11-27-12-4-6-18(14-16)22(17)27/h7-10,13-15H,2-6,11-12H2,1H3,(H,26,29,32). The van der Waals surface area contributed by atoms with Crippen molar-refractivity contribution in [3.8, 4) is 5.75 Å². The summed E-state index contributed by atoms with van der Waals surface area (Å²) in [6.45, 7) is 4.69. The van der Waals surface area contributed by atoms with Crippen LogP contribution < -0.4 is 19.9 Å². The lowest BCUT2D eigenvalue weighted by molar-refractivity contribution is -0.122. The summed E-state index contributed by atoms with van der Waals surface area (Å²) in [5, 5.41) is 2.75. The highest BCUT2D eigenvalue weighted by atomic mass is 32.1. The van der Waals surface area contributed by atoms with Crippen LogP contribution in [0.5, 0.6) is 5.75 Å². The van der Waals surface area contributed by atoms with E-state index in [1.807, 2.05) is 6.92 Å². The minimum atomic E-state index is -0.463. The maximum Gasteiger partial charge on any atom is 0.270 e. The predicted molar refractivity (Wildman–Crippen MR) is 129 cm³/mol. The van der Waals surface area contributed by atoms with Gasteiger partial charge in [-0.25, -0.2) is 0 Å². The summed E-state index contributed by atoms with van der Waals surface area (Å²) in [4.78, 5) is 29.9. The van der Waals surface area contributed by atoms with Gasteiger partial charge in [0.2, 0.25) is 0 Å². The van der Waals surface area contributed by atoms with E-state index in [9.17, 15) is 9.59 Å². The lowest BCUT2D eigenvalue weighted by atomic mass is 9.89. The third kappa shape index (κ3) is 3.66. The minimum absolute atomic E-state index is 0.0810.